The zero-order valence-corrected chi connectivity index (χ0v) is 14.1. The Balaban J connectivity index is 1.81. The van der Waals surface area contributed by atoms with Crippen LogP contribution in [0.15, 0.2) is 18.7 Å². The van der Waals surface area contributed by atoms with Gasteiger partial charge in [-0.15, -0.1) is 0 Å². The quantitative estimate of drug-likeness (QED) is 0.819. The van der Waals surface area contributed by atoms with Crippen molar-refractivity contribution in [3.05, 3.63) is 18.7 Å². The van der Waals surface area contributed by atoms with Crippen molar-refractivity contribution in [3.63, 3.8) is 0 Å². The average molecular weight is 338 g/mol. The minimum Gasteiger partial charge on any atom is -0.309 e. The number of anilines is 1. The molecular formula is C15H22N4O3S. The number of carbonyl (C=O) groups is 1. The number of aromatic nitrogens is 2. The van der Waals surface area contributed by atoms with Gasteiger partial charge in [-0.25, -0.2) is 22.7 Å². The maximum absolute atomic E-state index is 13.0. The highest BCUT2D eigenvalue weighted by atomic mass is 32.2. The lowest BCUT2D eigenvalue weighted by atomic mass is 9.79. The molecule has 2 saturated heterocycles. The van der Waals surface area contributed by atoms with E-state index in [1.807, 2.05) is 6.92 Å². The molecule has 0 N–H and O–H groups in total. The van der Waals surface area contributed by atoms with E-state index in [1.165, 1.54) is 10.6 Å². The summed E-state index contributed by atoms with van der Waals surface area (Å²) in [6.45, 7) is 3.27. The topological polar surface area (TPSA) is 83.5 Å². The minimum atomic E-state index is -3.26. The lowest BCUT2D eigenvalue weighted by molar-refractivity contribution is -0.127. The minimum absolute atomic E-state index is 0.00342. The van der Waals surface area contributed by atoms with Crippen LogP contribution in [0.5, 0.6) is 0 Å². The molecule has 1 aromatic rings. The highest BCUT2D eigenvalue weighted by Crippen LogP contribution is 2.42. The van der Waals surface area contributed by atoms with Crippen molar-refractivity contribution in [1.29, 1.82) is 0 Å². The number of piperidine rings is 1. The average Bonchev–Trinajstić information content (AvgIpc) is 2.85. The van der Waals surface area contributed by atoms with Gasteiger partial charge in [0, 0.05) is 19.6 Å². The summed E-state index contributed by atoms with van der Waals surface area (Å²) in [5.74, 6) is 0.150. The third-order valence-electron chi connectivity index (χ3n) is 4.77. The Hall–Kier alpha value is -1.54. The molecule has 2 aliphatic rings. The van der Waals surface area contributed by atoms with Crippen LogP contribution in [0.3, 0.4) is 0 Å². The second-order valence-corrected chi connectivity index (χ2v) is 8.43. The summed E-state index contributed by atoms with van der Waals surface area (Å²) in [7, 11) is -3.26. The van der Waals surface area contributed by atoms with Gasteiger partial charge in [0.1, 0.15) is 6.33 Å². The van der Waals surface area contributed by atoms with E-state index in [1.54, 1.807) is 17.3 Å². The van der Waals surface area contributed by atoms with Crippen LogP contribution in [0.1, 0.15) is 32.6 Å². The van der Waals surface area contributed by atoms with Crippen LogP contribution in [-0.2, 0) is 14.8 Å². The molecule has 0 saturated carbocycles. The van der Waals surface area contributed by atoms with Crippen LogP contribution in [-0.4, -0.2) is 54.0 Å². The third kappa shape index (κ3) is 2.97. The normalized spacial score (nSPS) is 26.1. The molecule has 1 amide bonds. The Morgan fingerprint density at radius 2 is 1.96 bits per heavy atom. The van der Waals surface area contributed by atoms with Gasteiger partial charge in [-0.1, -0.05) is 6.92 Å². The number of sulfonamides is 1. The summed E-state index contributed by atoms with van der Waals surface area (Å²) in [6.07, 6.45) is 7.42. The van der Waals surface area contributed by atoms with Crippen molar-refractivity contribution in [2.45, 2.75) is 32.6 Å². The maximum atomic E-state index is 13.0. The van der Waals surface area contributed by atoms with Gasteiger partial charge >= 0.3 is 0 Å². The van der Waals surface area contributed by atoms with E-state index in [-0.39, 0.29) is 11.7 Å². The smallest absolute Gasteiger partial charge is 0.234 e. The molecule has 126 valence electrons. The van der Waals surface area contributed by atoms with Gasteiger partial charge in [0.2, 0.25) is 15.9 Å². The molecule has 8 heteroatoms. The predicted molar refractivity (Wildman–Crippen MR) is 86.3 cm³/mol. The van der Waals surface area contributed by atoms with E-state index in [0.29, 0.717) is 38.2 Å². The van der Waals surface area contributed by atoms with Crippen LogP contribution in [0.25, 0.3) is 0 Å². The van der Waals surface area contributed by atoms with Gasteiger partial charge in [0.05, 0.1) is 29.2 Å². The van der Waals surface area contributed by atoms with E-state index in [0.717, 1.165) is 12.8 Å². The Kier molecular flexibility index (Phi) is 4.37. The second kappa shape index (κ2) is 6.16. The largest absolute Gasteiger partial charge is 0.309 e. The summed E-state index contributed by atoms with van der Waals surface area (Å²) in [6, 6.07) is 0. The fourth-order valence-corrected chi connectivity index (χ4v) is 5.22. The lowest BCUT2D eigenvalue weighted by Gasteiger charge is -2.38. The Morgan fingerprint density at radius 3 is 2.65 bits per heavy atom. The van der Waals surface area contributed by atoms with Crippen molar-refractivity contribution in [2.75, 3.05) is 30.3 Å². The highest BCUT2D eigenvalue weighted by Gasteiger charge is 2.50. The SMILES string of the molecule is CCCS(=O)(=O)N1CCCC2(CCN(c3cncnc3)C2=O)C1. The highest BCUT2D eigenvalue weighted by molar-refractivity contribution is 7.89. The first-order chi connectivity index (χ1) is 11.0. The summed E-state index contributed by atoms with van der Waals surface area (Å²) >= 11 is 0. The molecule has 0 aliphatic carbocycles. The molecule has 1 spiro atoms. The molecular weight excluding hydrogens is 316 g/mol. The molecule has 2 aliphatic heterocycles. The van der Waals surface area contributed by atoms with Crippen LogP contribution in [0.2, 0.25) is 0 Å². The molecule has 0 bridgehead atoms. The number of amides is 1. The van der Waals surface area contributed by atoms with Crippen LogP contribution in [0.4, 0.5) is 5.69 Å². The Morgan fingerprint density at radius 1 is 1.22 bits per heavy atom. The molecule has 1 atom stereocenters. The van der Waals surface area contributed by atoms with Gasteiger partial charge in [0.25, 0.3) is 0 Å². The second-order valence-electron chi connectivity index (χ2n) is 6.34. The van der Waals surface area contributed by atoms with Crippen LogP contribution in [0, 0.1) is 5.41 Å². The molecule has 1 aromatic heterocycles. The molecule has 2 fully saturated rings. The zero-order chi connectivity index (χ0) is 16.5. The first-order valence-electron chi connectivity index (χ1n) is 8.03. The molecule has 0 aromatic carbocycles. The predicted octanol–water partition coefficient (Wildman–Crippen LogP) is 1.04. The summed E-state index contributed by atoms with van der Waals surface area (Å²) in [5.41, 5.74) is 0.0949. The number of carbonyl (C=O) groups excluding carboxylic acids is 1. The molecule has 0 radical (unpaired) electrons. The maximum Gasteiger partial charge on any atom is 0.234 e. The number of rotatable bonds is 4. The van der Waals surface area contributed by atoms with E-state index < -0.39 is 15.4 Å². The van der Waals surface area contributed by atoms with Crippen LogP contribution >= 0.6 is 0 Å². The Bertz CT molecular complexity index is 679. The first kappa shape index (κ1) is 16.3. The van der Waals surface area contributed by atoms with Crippen LogP contribution < -0.4 is 4.90 Å². The number of nitrogens with zero attached hydrogens (tertiary/aromatic N) is 4. The molecule has 1 unspecified atom stereocenters. The van der Waals surface area contributed by atoms with Crippen molar-refractivity contribution in [3.8, 4) is 0 Å². The molecule has 23 heavy (non-hydrogen) atoms. The third-order valence-corrected chi connectivity index (χ3v) is 6.79. The van der Waals surface area contributed by atoms with E-state index in [9.17, 15) is 13.2 Å². The van der Waals surface area contributed by atoms with Gasteiger partial charge in [-0.05, 0) is 25.7 Å². The van der Waals surface area contributed by atoms with Gasteiger partial charge in [-0.3, -0.25) is 4.79 Å². The summed E-state index contributed by atoms with van der Waals surface area (Å²) < 4.78 is 26.2. The fraction of sp³-hybridized carbons (Fsp3) is 0.667. The first-order valence-corrected chi connectivity index (χ1v) is 9.64. The van der Waals surface area contributed by atoms with E-state index in [2.05, 4.69) is 9.97 Å². The number of hydrogen-bond donors (Lipinski definition) is 0. The van der Waals surface area contributed by atoms with Crippen molar-refractivity contribution < 1.29 is 13.2 Å². The van der Waals surface area contributed by atoms with Gasteiger partial charge in [0.15, 0.2) is 0 Å². The standard InChI is InChI=1S/C15H22N4O3S/c1-2-8-23(21,22)18-6-3-4-15(11-18)5-7-19(14(15)20)13-9-16-12-17-10-13/h9-10,12H,2-8,11H2,1H3. The fourth-order valence-electron chi connectivity index (χ4n) is 3.59. The van der Waals surface area contributed by atoms with Gasteiger partial charge < -0.3 is 4.90 Å². The van der Waals surface area contributed by atoms with Crippen molar-refractivity contribution in [1.82, 2.24) is 14.3 Å². The zero-order valence-electron chi connectivity index (χ0n) is 13.3. The lowest BCUT2D eigenvalue weighted by Crippen LogP contribution is -2.50. The van der Waals surface area contributed by atoms with E-state index >= 15 is 0 Å². The van der Waals surface area contributed by atoms with E-state index in [4.69, 9.17) is 0 Å². The van der Waals surface area contributed by atoms with Gasteiger partial charge in [-0.2, -0.15) is 0 Å². The summed E-state index contributed by atoms with van der Waals surface area (Å²) in [4.78, 5) is 22.6. The molecule has 3 heterocycles. The van der Waals surface area contributed by atoms with Crippen molar-refractivity contribution >= 4 is 21.6 Å². The van der Waals surface area contributed by atoms with Crippen molar-refractivity contribution in [2.24, 2.45) is 5.41 Å². The Labute approximate surface area is 136 Å². The monoisotopic (exact) mass is 338 g/mol. The summed E-state index contributed by atoms with van der Waals surface area (Å²) in [5, 5.41) is 0. The molecule has 7 nitrogen and oxygen atoms in total. The molecule has 3 rings (SSSR count). The number of hydrogen-bond acceptors (Lipinski definition) is 5.